The van der Waals surface area contributed by atoms with Gasteiger partial charge in [0.1, 0.15) is 12.4 Å². The largest absolute Gasteiger partial charge is 0.430 e. The van der Waals surface area contributed by atoms with Crippen LogP contribution in [0.25, 0.3) is 10.8 Å². The highest BCUT2D eigenvalue weighted by atomic mass is 16.5. The highest BCUT2D eigenvalue weighted by Crippen LogP contribution is 2.29. The molecule has 128 valence electrons. The number of rotatable bonds is 3. The Bertz CT molecular complexity index is 991. The minimum atomic E-state index is -0.455. The van der Waals surface area contributed by atoms with Gasteiger partial charge in [0.05, 0.1) is 22.7 Å². The molecule has 1 N–H and O–H groups in total. The highest BCUT2D eigenvalue weighted by molar-refractivity contribution is 6.06. The van der Waals surface area contributed by atoms with Crippen LogP contribution >= 0.6 is 0 Å². The summed E-state index contributed by atoms with van der Waals surface area (Å²) < 4.78 is 12.5. The normalized spacial score (nSPS) is 20.0. The van der Waals surface area contributed by atoms with Crippen LogP contribution in [0, 0.1) is 0 Å². The number of nitrogens with zero attached hydrogens (tertiary/aromatic N) is 2. The number of hydrogen-bond acceptors (Lipinski definition) is 5. The first-order chi connectivity index (χ1) is 12.1. The molecule has 2 aromatic heterocycles. The minimum Gasteiger partial charge on any atom is -0.430 e. The predicted molar refractivity (Wildman–Crippen MR) is 90.3 cm³/mol. The van der Waals surface area contributed by atoms with Crippen molar-refractivity contribution < 1.29 is 13.9 Å². The van der Waals surface area contributed by atoms with Crippen molar-refractivity contribution in [2.75, 3.05) is 6.61 Å². The molecular weight excluding hydrogens is 322 g/mol. The molecule has 7 nitrogen and oxygen atoms in total. The molecule has 0 aliphatic carbocycles. The fraction of sp³-hybridized carbons (Fsp3) is 0.278. The summed E-state index contributed by atoms with van der Waals surface area (Å²) in [4.78, 5) is 24.6. The molecule has 2 atom stereocenters. The molecule has 1 aliphatic rings. The predicted octanol–water partition coefficient (Wildman–Crippen LogP) is 1.79. The Hall–Kier alpha value is -2.93. The summed E-state index contributed by atoms with van der Waals surface area (Å²) in [5, 5.41) is 8.13. The van der Waals surface area contributed by atoms with Crippen LogP contribution in [0.4, 0.5) is 0 Å². The van der Waals surface area contributed by atoms with Crippen LogP contribution in [0.1, 0.15) is 28.6 Å². The van der Waals surface area contributed by atoms with Gasteiger partial charge >= 0.3 is 5.63 Å². The summed E-state index contributed by atoms with van der Waals surface area (Å²) in [5.74, 6) is -0.289. The summed E-state index contributed by atoms with van der Waals surface area (Å²) in [7, 11) is 1.84. The van der Waals surface area contributed by atoms with E-state index in [1.165, 1.54) is 6.26 Å². The first kappa shape index (κ1) is 15.6. The maximum Gasteiger partial charge on any atom is 0.343 e. The van der Waals surface area contributed by atoms with Crippen molar-refractivity contribution in [1.29, 1.82) is 0 Å². The quantitative estimate of drug-likeness (QED) is 0.786. The molecule has 1 fully saturated rings. The summed E-state index contributed by atoms with van der Waals surface area (Å²) in [6, 6.07) is 8.62. The molecule has 4 rings (SSSR count). The maximum absolute atomic E-state index is 12.8. The van der Waals surface area contributed by atoms with Gasteiger partial charge in [0.2, 0.25) is 0 Å². The second kappa shape index (κ2) is 6.18. The molecule has 0 radical (unpaired) electrons. The van der Waals surface area contributed by atoms with Gasteiger partial charge in [-0.15, -0.1) is 0 Å². The summed E-state index contributed by atoms with van der Waals surface area (Å²) in [6.07, 6.45) is 3.37. The molecule has 0 unspecified atom stereocenters. The number of carbonyl (C=O) groups excluding carboxylic acids is 1. The van der Waals surface area contributed by atoms with Gasteiger partial charge in [-0.25, -0.2) is 4.79 Å². The third-order valence-corrected chi connectivity index (χ3v) is 4.52. The Morgan fingerprint density at radius 2 is 2.08 bits per heavy atom. The smallest absolute Gasteiger partial charge is 0.343 e. The van der Waals surface area contributed by atoms with E-state index in [-0.39, 0.29) is 18.1 Å². The van der Waals surface area contributed by atoms with Crippen LogP contribution in [-0.4, -0.2) is 28.3 Å². The number of ether oxygens (including phenoxy) is 1. The molecule has 7 heteroatoms. The first-order valence-electron chi connectivity index (χ1n) is 8.06. The van der Waals surface area contributed by atoms with Gasteiger partial charge in [-0.05, 0) is 18.6 Å². The van der Waals surface area contributed by atoms with Crippen LogP contribution < -0.4 is 10.9 Å². The number of hydrogen-bond donors (Lipinski definition) is 1. The van der Waals surface area contributed by atoms with Crippen molar-refractivity contribution in [2.24, 2.45) is 7.05 Å². The molecule has 0 saturated carbocycles. The standard InChI is InChI=1S/C18H17N3O4/c1-21-15(6-8-19-21)16-14(7-9-24-16)20-17(22)13-10-25-18(23)12-5-3-2-4-11(12)13/h2-6,8,10,14,16H,7,9H2,1H3,(H,20,22)/t14-,16-/m0/s1. The van der Waals surface area contributed by atoms with Crippen LogP contribution in [0.2, 0.25) is 0 Å². The van der Waals surface area contributed by atoms with Gasteiger partial charge in [0, 0.05) is 25.2 Å². The van der Waals surface area contributed by atoms with Gasteiger partial charge in [-0.3, -0.25) is 9.48 Å². The Balaban J connectivity index is 1.63. The van der Waals surface area contributed by atoms with Crippen LogP contribution in [-0.2, 0) is 11.8 Å². The number of aromatic nitrogens is 2. The van der Waals surface area contributed by atoms with E-state index in [0.717, 1.165) is 5.69 Å². The lowest BCUT2D eigenvalue weighted by Gasteiger charge is -2.20. The lowest BCUT2D eigenvalue weighted by Crippen LogP contribution is -2.37. The molecule has 1 aliphatic heterocycles. The number of benzene rings is 1. The zero-order valence-electron chi connectivity index (χ0n) is 13.6. The molecule has 1 saturated heterocycles. The average Bonchev–Trinajstić information content (AvgIpc) is 3.23. The monoisotopic (exact) mass is 339 g/mol. The number of nitrogens with one attached hydrogen (secondary N) is 1. The zero-order chi connectivity index (χ0) is 17.4. The van der Waals surface area contributed by atoms with Crippen LogP contribution in [0.3, 0.4) is 0 Å². The highest BCUT2D eigenvalue weighted by Gasteiger charge is 2.33. The second-order valence-corrected chi connectivity index (χ2v) is 6.02. The SMILES string of the molecule is Cn1nccc1[C@H]1OCC[C@@H]1NC(=O)c1coc(=O)c2ccccc12. The second-order valence-electron chi connectivity index (χ2n) is 6.02. The van der Waals surface area contributed by atoms with Gasteiger partial charge < -0.3 is 14.5 Å². The van der Waals surface area contributed by atoms with E-state index in [2.05, 4.69) is 10.4 Å². The maximum atomic E-state index is 12.8. The van der Waals surface area contributed by atoms with E-state index in [0.29, 0.717) is 29.4 Å². The summed E-state index contributed by atoms with van der Waals surface area (Å²) in [6.45, 7) is 0.561. The molecule has 25 heavy (non-hydrogen) atoms. The van der Waals surface area contributed by atoms with E-state index in [1.807, 2.05) is 13.1 Å². The van der Waals surface area contributed by atoms with E-state index < -0.39 is 5.63 Å². The summed E-state index contributed by atoms with van der Waals surface area (Å²) in [5.41, 5.74) is 0.794. The van der Waals surface area contributed by atoms with Crippen LogP contribution in [0.15, 0.2) is 52.0 Å². The molecule has 3 aromatic rings. The minimum absolute atomic E-state index is 0.173. The van der Waals surface area contributed by atoms with E-state index >= 15 is 0 Å². The number of fused-ring (bicyclic) bond motifs is 1. The topological polar surface area (TPSA) is 86.4 Å². The summed E-state index contributed by atoms with van der Waals surface area (Å²) >= 11 is 0. The lowest BCUT2D eigenvalue weighted by atomic mass is 10.0. The Morgan fingerprint density at radius 3 is 2.84 bits per heavy atom. The number of aryl methyl sites for hydroxylation is 1. The van der Waals surface area contributed by atoms with E-state index in [9.17, 15) is 9.59 Å². The third kappa shape index (κ3) is 2.72. The van der Waals surface area contributed by atoms with Crippen molar-refractivity contribution in [3.05, 3.63) is 64.5 Å². The molecule has 3 heterocycles. The molecular formula is C18H17N3O4. The number of carbonyl (C=O) groups is 1. The molecule has 0 bridgehead atoms. The van der Waals surface area contributed by atoms with Gasteiger partial charge in [0.15, 0.2) is 0 Å². The zero-order valence-corrected chi connectivity index (χ0v) is 13.6. The van der Waals surface area contributed by atoms with Gasteiger partial charge in [-0.2, -0.15) is 5.10 Å². The van der Waals surface area contributed by atoms with E-state index in [1.54, 1.807) is 35.1 Å². The molecule has 1 amide bonds. The van der Waals surface area contributed by atoms with Crippen molar-refractivity contribution in [2.45, 2.75) is 18.6 Å². The van der Waals surface area contributed by atoms with Crippen molar-refractivity contribution >= 4 is 16.7 Å². The van der Waals surface area contributed by atoms with Crippen molar-refractivity contribution in [1.82, 2.24) is 15.1 Å². The van der Waals surface area contributed by atoms with Gasteiger partial charge in [0.25, 0.3) is 5.91 Å². The Kier molecular flexibility index (Phi) is 3.85. The van der Waals surface area contributed by atoms with E-state index in [4.69, 9.17) is 9.15 Å². The Labute approximate surface area is 143 Å². The molecule has 1 aromatic carbocycles. The Morgan fingerprint density at radius 1 is 1.28 bits per heavy atom. The van der Waals surface area contributed by atoms with Crippen molar-refractivity contribution in [3.8, 4) is 0 Å². The third-order valence-electron chi connectivity index (χ3n) is 4.52. The fourth-order valence-electron chi connectivity index (χ4n) is 3.25. The average molecular weight is 339 g/mol. The number of amides is 1. The molecule has 0 spiro atoms. The lowest BCUT2D eigenvalue weighted by molar-refractivity contribution is 0.0792. The fourth-order valence-corrected chi connectivity index (χ4v) is 3.25. The van der Waals surface area contributed by atoms with Gasteiger partial charge in [-0.1, -0.05) is 18.2 Å². The van der Waals surface area contributed by atoms with Crippen molar-refractivity contribution in [3.63, 3.8) is 0 Å². The van der Waals surface area contributed by atoms with Crippen LogP contribution in [0.5, 0.6) is 0 Å². The first-order valence-corrected chi connectivity index (χ1v) is 8.06.